The lowest BCUT2D eigenvalue weighted by Gasteiger charge is -2.20. The predicted octanol–water partition coefficient (Wildman–Crippen LogP) is 2.65. The highest BCUT2D eigenvalue weighted by molar-refractivity contribution is 5.74. The van der Waals surface area contributed by atoms with Gasteiger partial charge in [-0.1, -0.05) is 51.9 Å². The van der Waals surface area contributed by atoms with Gasteiger partial charge in [0.05, 0.1) is 6.10 Å². The van der Waals surface area contributed by atoms with E-state index in [4.69, 9.17) is 5.11 Å². The first-order valence-electron chi connectivity index (χ1n) is 7.80. The molecule has 112 valence electrons. The Labute approximate surface area is 116 Å². The molecule has 1 aliphatic rings. The zero-order valence-electron chi connectivity index (χ0n) is 12.2. The van der Waals surface area contributed by atoms with Crippen molar-refractivity contribution in [1.82, 2.24) is 4.90 Å². The van der Waals surface area contributed by atoms with Crippen molar-refractivity contribution in [3.63, 3.8) is 0 Å². The summed E-state index contributed by atoms with van der Waals surface area (Å²) < 4.78 is 0. The molecule has 0 bridgehead atoms. The van der Waals surface area contributed by atoms with Crippen molar-refractivity contribution in [1.29, 1.82) is 0 Å². The molecule has 2 N–H and O–H groups in total. The van der Waals surface area contributed by atoms with E-state index in [0.29, 0.717) is 13.0 Å². The monoisotopic (exact) mass is 271 g/mol. The average Bonchev–Trinajstić information content (AvgIpc) is 2.74. The van der Waals surface area contributed by atoms with E-state index in [-0.39, 0.29) is 0 Å². The largest absolute Gasteiger partial charge is 0.480 e. The summed E-state index contributed by atoms with van der Waals surface area (Å²) in [7, 11) is 0. The summed E-state index contributed by atoms with van der Waals surface area (Å²) in [5, 5.41) is 18.6. The molecule has 19 heavy (non-hydrogen) atoms. The molecule has 1 fully saturated rings. The molecule has 2 atom stereocenters. The number of hydrogen-bond acceptors (Lipinski definition) is 3. The smallest absolute Gasteiger partial charge is 0.321 e. The number of unbranched alkanes of at least 4 members (excludes halogenated alkanes) is 7. The van der Waals surface area contributed by atoms with Gasteiger partial charge in [-0.25, -0.2) is 0 Å². The molecule has 0 aromatic heterocycles. The molecule has 0 aliphatic carbocycles. The quantitative estimate of drug-likeness (QED) is 0.600. The van der Waals surface area contributed by atoms with Gasteiger partial charge < -0.3 is 10.2 Å². The van der Waals surface area contributed by atoms with Crippen molar-refractivity contribution in [2.75, 3.05) is 13.1 Å². The lowest BCUT2D eigenvalue weighted by molar-refractivity contribution is -0.142. The third-order valence-electron chi connectivity index (χ3n) is 3.97. The van der Waals surface area contributed by atoms with Crippen LogP contribution in [0.4, 0.5) is 0 Å². The van der Waals surface area contributed by atoms with E-state index >= 15 is 0 Å². The zero-order chi connectivity index (χ0) is 14.1. The van der Waals surface area contributed by atoms with Crippen LogP contribution in [0, 0.1) is 0 Å². The molecular formula is C15H29NO3. The number of aliphatic carboxylic acids is 1. The number of β-amino-alcohol motifs (C(OH)–C–C–N with tert-alkyl or cyclic N) is 1. The molecule has 0 unspecified atom stereocenters. The van der Waals surface area contributed by atoms with E-state index in [0.717, 1.165) is 13.0 Å². The van der Waals surface area contributed by atoms with Crippen molar-refractivity contribution in [2.45, 2.75) is 76.9 Å². The Morgan fingerprint density at radius 2 is 1.68 bits per heavy atom. The first-order chi connectivity index (χ1) is 9.15. The van der Waals surface area contributed by atoms with Crippen molar-refractivity contribution >= 4 is 5.97 Å². The van der Waals surface area contributed by atoms with E-state index in [9.17, 15) is 9.90 Å². The van der Waals surface area contributed by atoms with Crippen LogP contribution in [0.5, 0.6) is 0 Å². The molecular weight excluding hydrogens is 242 g/mol. The molecule has 0 radical (unpaired) electrons. The maximum Gasteiger partial charge on any atom is 0.321 e. The number of carbonyl (C=O) groups is 1. The number of rotatable bonds is 10. The van der Waals surface area contributed by atoms with Gasteiger partial charge in [-0.15, -0.1) is 0 Å². The van der Waals surface area contributed by atoms with Crippen LogP contribution in [0.15, 0.2) is 0 Å². The van der Waals surface area contributed by atoms with Gasteiger partial charge in [0.1, 0.15) is 6.04 Å². The molecule has 1 aliphatic heterocycles. The Morgan fingerprint density at radius 3 is 2.26 bits per heavy atom. The van der Waals surface area contributed by atoms with Crippen LogP contribution in [0.3, 0.4) is 0 Å². The van der Waals surface area contributed by atoms with Crippen LogP contribution in [0.2, 0.25) is 0 Å². The van der Waals surface area contributed by atoms with Crippen LogP contribution in [0.25, 0.3) is 0 Å². The summed E-state index contributed by atoms with van der Waals surface area (Å²) >= 11 is 0. The standard InChI is InChI=1S/C15H29NO3/c1-2-3-4-5-6-7-8-9-10-16-12-13(17)11-14(16)15(18)19/h13-14,17H,2-12H2,1H3,(H,18,19)/t13-,14+/m1/s1. The van der Waals surface area contributed by atoms with Crippen LogP contribution >= 0.6 is 0 Å². The number of hydrogen-bond donors (Lipinski definition) is 2. The number of likely N-dealkylation sites (tertiary alicyclic amines) is 1. The van der Waals surface area contributed by atoms with E-state index in [1.54, 1.807) is 0 Å². The van der Waals surface area contributed by atoms with Gasteiger partial charge in [-0.2, -0.15) is 0 Å². The fourth-order valence-electron chi connectivity index (χ4n) is 2.83. The van der Waals surface area contributed by atoms with Crippen molar-refractivity contribution in [3.8, 4) is 0 Å². The second-order valence-electron chi connectivity index (χ2n) is 5.71. The van der Waals surface area contributed by atoms with Crippen LogP contribution in [-0.2, 0) is 4.79 Å². The molecule has 4 nitrogen and oxygen atoms in total. The van der Waals surface area contributed by atoms with Crippen LogP contribution in [-0.4, -0.2) is 46.3 Å². The number of aliphatic hydroxyl groups excluding tert-OH is 1. The van der Waals surface area contributed by atoms with Crippen molar-refractivity contribution < 1.29 is 15.0 Å². The highest BCUT2D eigenvalue weighted by Gasteiger charge is 2.35. The Balaban J connectivity index is 2.04. The van der Waals surface area contributed by atoms with Gasteiger partial charge in [-0.05, 0) is 13.0 Å². The summed E-state index contributed by atoms with van der Waals surface area (Å²) in [5.74, 6) is -0.795. The highest BCUT2D eigenvalue weighted by atomic mass is 16.4. The second kappa shape index (κ2) is 9.32. The molecule has 1 rings (SSSR count). The summed E-state index contributed by atoms with van der Waals surface area (Å²) in [5.41, 5.74) is 0. The normalized spacial score (nSPS) is 23.9. The predicted molar refractivity (Wildman–Crippen MR) is 76.2 cm³/mol. The minimum atomic E-state index is -0.795. The maximum atomic E-state index is 11.0. The van der Waals surface area contributed by atoms with E-state index in [1.807, 2.05) is 4.90 Å². The molecule has 1 heterocycles. The second-order valence-corrected chi connectivity index (χ2v) is 5.71. The summed E-state index contributed by atoms with van der Waals surface area (Å²) in [4.78, 5) is 13.0. The van der Waals surface area contributed by atoms with Crippen LogP contribution in [0.1, 0.15) is 64.7 Å². The first kappa shape index (κ1) is 16.4. The van der Waals surface area contributed by atoms with Crippen molar-refractivity contribution in [3.05, 3.63) is 0 Å². The van der Waals surface area contributed by atoms with Gasteiger partial charge in [0.25, 0.3) is 0 Å². The minimum Gasteiger partial charge on any atom is -0.480 e. The molecule has 4 heteroatoms. The number of aliphatic hydroxyl groups is 1. The molecule has 0 spiro atoms. The highest BCUT2D eigenvalue weighted by Crippen LogP contribution is 2.19. The Bertz CT molecular complexity index is 258. The maximum absolute atomic E-state index is 11.0. The summed E-state index contributed by atoms with van der Waals surface area (Å²) in [6.45, 7) is 3.56. The lowest BCUT2D eigenvalue weighted by Crippen LogP contribution is -2.36. The fourth-order valence-corrected chi connectivity index (χ4v) is 2.83. The molecule has 0 aromatic carbocycles. The summed E-state index contributed by atoms with van der Waals surface area (Å²) in [6.07, 6.45) is 9.98. The Hall–Kier alpha value is -0.610. The third-order valence-corrected chi connectivity index (χ3v) is 3.97. The van der Waals surface area contributed by atoms with Gasteiger partial charge in [0.2, 0.25) is 0 Å². The van der Waals surface area contributed by atoms with E-state index < -0.39 is 18.1 Å². The van der Waals surface area contributed by atoms with Gasteiger partial charge in [0.15, 0.2) is 0 Å². The number of nitrogens with zero attached hydrogens (tertiary/aromatic N) is 1. The summed E-state index contributed by atoms with van der Waals surface area (Å²) in [6, 6.07) is -0.473. The number of carboxylic acid groups (broad SMARTS) is 1. The third kappa shape index (κ3) is 6.39. The molecule has 0 saturated carbocycles. The lowest BCUT2D eigenvalue weighted by atomic mass is 10.1. The first-order valence-corrected chi connectivity index (χ1v) is 7.80. The van der Waals surface area contributed by atoms with Crippen molar-refractivity contribution in [2.24, 2.45) is 0 Å². The average molecular weight is 271 g/mol. The minimum absolute atomic E-state index is 0.381. The SMILES string of the molecule is CCCCCCCCCCN1C[C@H](O)C[C@H]1C(=O)O. The molecule has 0 amide bonds. The topological polar surface area (TPSA) is 60.8 Å². The van der Waals surface area contributed by atoms with E-state index in [1.165, 1.54) is 44.9 Å². The molecule has 0 aromatic rings. The fraction of sp³-hybridized carbons (Fsp3) is 0.933. The van der Waals surface area contributed by atoms with Crippen LogP contribution < -0.4 is 0 Å². The number of carboxylic acids is 1. The Kier molecular flexibility index (Phi) is 8.07. The van der Waals surface area contributed by atoms with Gasteiger partial charge >= 0.3 is 5.97 Å². The van der Waals surface area contributed by atoms with E-state index in [2.05, 4.69) is 6.92 Å². The van der Waals surface area contributed by atoms with Gasteiger partial charge in [0, 0.05) is 13.0 Å². The zero-order valence-corrected chi connectivity index (χ0v) is 12.2. The molecule has 1 saturated heterocycles. The Morgan fingerprint density at radius 1 is 1.11 bits per heavy atom. The van der Waals surface area contributed by atoms with Gasteiger partial charge in [-0.3, -0.25) is 9.69 Å².